The molecule has 0 spiro atoms. The maximum absolute atomic E-state index is 11.9. The van der Waals surface area contributed by atoms with Crippen molar-refractivity contribution in [2.24, 2.45) is 11.7 Å². The molecule has 0 saturated heterocycles. The lowest BCUT2D eigenvalue weighted by molar-refractivity contribution is -0.122. The summed E-state index contributed by atoms with van der Waals surface area (Å²) in [6, 6.07) is 3.67. The molecule has 1 aromatic carbocycles. The molecular weight excluding hydrogens is 264 g/mol. The first-order chi connectivity index (χ1) is 9.86. The number of hydrogen-bond acceptors (Lipinski definition) is 3. The number of aryl methyl sites for hydroxylation is 2. The smallest absolute Gasteiger partial charge is 0.237 e. The van der Waals surface area contributed by atoms with E-state index in [9.17, 15) is 4.79 Å². The van der Waals surface area contributed by atoms with Gasteiger partial charge in [-0.2, -0.15) is 0 Å². The van der Waals surface area contributed by atoms with Crippen LogP contribution in [0.15, 0.2) is 12.1 Å². The minimum atomic E-state index is -0.459. The summed E-state index contributed by atoms with van der Waals surface area (Å²) < 4.78 is 0. The molecule has 0 fully saturated rings. The van der Waals surface area contributed by atoms with E-state index in [1.165, 1.54) is 11.1 Å². The predicted octanol–water partition coefficient (Wildman–Crippen LogP) is 2.17. The van der Waals surface area contributed by atoms with Gasteiger partial charge in [-0.25, -0.2) is 4.98 Å². The van der Waals surface area contributed by atoms with Crippen LogP contribution >= 0.6 is 0 Å². The van der Waals surface area contributed by atoms with Gasteiger partial charge >= 0.3 is 0 Å². The number of nitrogens with two attached hydrogens (primary N) is 1. The van der Waals surface area contributed by atoms with Crippen LogP contribution in [0.2, 0.25) is 0 Å². The molecule has 1 aromatic heterocycles. The summed E-state index contributed by atoms with van der Waals surface area (Å²) in [7, 11) is 0. The van der Waals surface area contributed by atoms with Crippen molar-refractivity contribution in [1.29, 1.82) is 0 Å². The fourth-order valence-electron chi connectivity index (χ4n) is 2.32. The van der Waals surface area contributed by atoms with Gasteiger partial charge in [0, 0.05) is 0 Å². The van der Waals surface area contributed by atoms with Gasteiger partial charge < -0.3 is 16.0 Å². The third-order valence-electron chi connectivity index (χ3n) is 3.64. The van der Waals surface area contributed by atoms with Gasteiger partial charge in [-0.3, -0.25) is 4.79 Å². The van der Waals surface area contributed by atoms with E-state index in [-0.39, 0.29) is 5.91 Å². The number of H-pyrrole nitrogens is 1. The molecule has 0 aliphatic rings. The van der Waals surface area contributed by atoms with Crippen molar-refractivity contribution in [2.45, 2.75) is 46.7 Å². The maximum Gasteiger partial charge on any atom is 0.237 e. The van der Waals surface area contributed by atoms with Crippen LogP contribution in [0, 0.1) is 19.8 Å². The Morgan fingerprint density at radius 3 is 2.67 bits per heavy atom. The number of carbonyl (C=O) groups is 1. The Morgan fingerprint density at radius 1 is 1.33 bits per heavy atom. The van der Waals surface area contributed by atoms with Gasteiger partial charge in [0.1, 0.15) is 5.82 Å². The number of nitrogens with one attached hydrogen (secondary N) is 2. The zero-order valence-corrected chi connectivity index (χ0v) is 13.2. The molecule has 1 heterocycles. The van der Waals surface area contributed by atoms with E-state index in [4.69, 9.17) is 5.73 Å². The Hall–Kier alpha value is -1.88. The Balaban J connectivity index is 2.02. The van der Waals surface area contributed by atoms with Gasteiger partial charge in [-0.15, -0.1) is 0 Å². The normalized spacial score (nSPS) is 12.9. The van der Waals surface area contributed by atoms with E-state index in [1.807, 2.05) is 0 Å². The minimum Gasteiger partial charge on any atom is -0.348 e. The molecule has 0 aliphatic heterocycles. The molecule has 1 amide bonds. The molecule has 0 aliphatic carbocycles. The zero-order chi connectivity index (χ0) is 15.6. The number of aromatic nitrogens is 2. The highest BCUT2D eigenvalue weighted by molar-refractivity contribution is 5.81. The summed E-state index contributed by atoms with van der Waals surface area (Å²) in [5.41, 5.74) is 10.2. The Labute approximate surface area is 125 Å². The van der Waals surface area contributed by atoms with Crippen molar-refractivity contribution in [2.75, 3.05) is 0 Å². The molecule has 0 radical (unpaired) electrons. The Kier molecular flexibility index (Phi) is 4.63. The number of aromatic amines is 1. The quantitative estimate of drug-likeness (QED) is 0.788. The first-order valence-electron chi connectivity index (χ1n) is 7.36. The van der Waals surface area contributed by atoms with Crippen LogP contribution in [0.5, 0.6) is 0 Å². The minimum absolute atomic E-state index is 0.128. The van der Waals surface area contributed by atoms with Crippen molar-refractivity contribution < 1.29 is 4.79 Å². The van der Waals surface area contributed by atoms with Crippen molar-refractivity contribution in [3.05, 3.63) is 29.1 Å². The summed E-state index contributed by atoms with van der Waals surface area (Å²) >= 11 is 0. The van der Waals surface area contributed by atoms with Crippen LogP contribution in [-0.4, -0.2) is 21.9 Å². The van der Waals surface area contributed by atoms with Gasteiger partial charge in [0.25, 0.3) is 0 Å². The van der Waals surface area contributed by atoms with Gasteiger partial charge in [0.15, 0.2) is 0 Å². The average molecular weight is 288 g/mol. The van der Waals surface area contributed by atoms with E-state index in [1.54, 1.807) is 0 Å². The fourth-order valence-corrected chi connectivity index (χ4v) is 2.32. The number of fused-ring (bicyclic) bond motifs is 1. The molecule has 2 aromatic rings. The fraction of sp³-hybridized carbons (Fsp3) is 0.500. The number of amides is 1. The number of nitrogens with zero attached hydrogens (tertiary/aromatic N) is 1. The van der Waals surface area contributed by atoms with Gasteiger partial charge in [0.05, 0.1) is 23.6 Å². The standard InChI is InChI=1S/C16H24N4O/c1-9(2)5-12(17)16(21)18-8-15-19-13-6-10(3)11(4)7-14(13)20-15/h6-7,9,12H,5,8,17H2,1-4H3,(H,18,21)(H,19,20)/t12-/m1/s1. The number of rotatable bonds is 5. The SMILES string of the molecule is Cc1cc2nc(CNC(=O)[C@H](N)CC(C)C)[nH]c2cc1C. The maximum atomic E-state index is 11.9. The van der Waals surface area contributed by atoms with E-state index >= 15 is 0 Å². The first-order valence-corrected chi connectivity index (χ1v) is 7.36. The van der Waals surface area contributed by atoms with Crippen LogP contribution in [0.25, 0.3) is 11.0 Å². The molecular formula is C16H24N4O. The highest BCUT2D eigenvalue weighted by Gasteiger charge is 2.15. The lowest BCUT2D eigenvalue weighted by Gasteiger charge is -2.13. The average Bonchev–Trinajstić information content (AvgIpc) is 2.77. The summed E-state index contributed by atoms with van der Waals surface area (Å²) in [6.45, 7) is 8.61. The summed E-state index contributed by atoms with van der Waals surface area (Å²) in [4.78, 5) is 19.6. The van der Waals surface area contributed by atoms with Gasteiger partial charge in [0.2, 0.25) is 5.91 Å². The van der Waals surface area contributed by atoms with Crippen molar-refractivity contribution in [3.8, 4) is 0 Å². The molecule has 0 saturated carbocycles. The number of benzene rings is 1. The summed E-state index contributed by atoms with van der Waals surface area (Å²) in [5, 5.41) is 2.84. The lowest BCUT2D eigenvalue weighted by Crippen LogP contribution is -2.41. The second-order valence-electron chi connectivity index (χ2n) is 6.09. The summed E-state index contributed by atoms with van der Waals surface area (Å²) in [6.07, 6.45) is 0.685. The largest absolute Gasteiger partial charge is 0.348 e. The second kappa shape index (κ2) is 6.26. The van der Waals surface area contributed by atoms with E-state index in [0.29, 0.717) is 18.9 Å². The van der Waals surface area contributed by atoms with Crippen molar-refractivity contribution >= 4 is 16.9 Å². The molecule has 0 unspecified atom stereocenters. The molecule has 0 bridgehead atoms. The molecule has 5 nitrogen and oxygen atoms in total. The van der Waals surface area contributed by atoms with E-state index in [2.05, 4.69) is 55.1 Å². The molecule has 114 valence electrons. The number of imidazole rings is 1. The van der Waals surface area contributed by atoms with Gasteiger partial charge in [-0.05, 0) is 49.4 Å². The van der Waals surface area contributed by atoms with Crippen LogP contribution < -0.4 is 11.1 Å². The third-order valence-corrected chi connectivity index (χ3v) is 3.64. The third kappa shape index (κ3) is 3.82. The highest BCUT2D eigenvalue weighted by atomic mass is 16.2. The van der Waals surface area contributed by atoms with E-state index < -0.39 is 6.04 Å². The Morgan fingerprint density at radius 2 is 2.00 bits per heavy atom. The number of hydrogen-bond donors (Lipinski definition) is 3. The molecule has 21 heavy (non-hydrogen) atoms. The predicted molar refractivity (Wildman–Crippen MR) is 84.8 cm³/mol. The topological polar surface area (TPSA) is 83.8 Å². The van der Waals surface area contributed by atoms with Gasteiger partial charge in [-0.1, -0.05) is 13.8 Å². The highest BCUT2D eigenvalue weighted by Crippen LogP contribution is 2.17. The van der Waals surface area contributed by atoms with Crippen LogP contribution in [0.4, 0.5) is 0 Å². The molecule has 1 atom stereocenters. The second-order valence-corrected chi connectivity index (χ2v) is 6.09. The van der Waals surface area contributed by atoms with E-state index in [0.717, 1.165) is 16.9 Å². The Bertz CT molecular complexity index is 606. The first kappa shape index (κ1) is 15.5. The molecule has 4 N–H and O–H groups in total. The van der Waals surface area contributed by atoms with Crippen molar-refractivity contribution in [1.82, 2.24) is 15.3 Å². The van der Waals surface area contributed by atoms with Crippen LogP contribution in [0.1, 0.15) is 37.2 Å². The van der Waals surface area contributed by atoms with Crippen molar-refractivity contribution in [3.63, 3.8) is 0 Å². The monoisotopic (exact) mass is 288 g/mol. The zero-order valence-electron chi connectivity index (χ0n) is 13.2. The molecule has 5 heteroatoms. The van der Waals surface area contributed by atoms with Crippen LogP contribution in [0.3, 0.4) is 0 Å². The molecule has 2 rings (SSSR count). The van der Waals surface area contributed by atoms with Crippen LogP contribution in [-0.2, 0) is 11.3 Å². The summed E-state index contributed by atoms with van der Waals surface area (Å²) in [5.74, 6) is 1.03. The number of carbonyl (C=O) groups excluding carboxylic acids is 1. The lowest BCUT2D eigenvalue weighted by atomic mass is 10.0.